The first-order valence-corrected chi connectivity index (χ1v) is 7.42. The van der Waals surface area contributed by atoms with Crippen molar-refractivity contribution < 1.29 is 4.79 Å². The fourth-order valence-electron chi connectivity index (χ4n) is 1.64. The Morgan fingerprint density at radius 2 is 2.10 bits per heavy atom. The Morgan fingerprint density at radius 1 is 1.30 bits per heavy atom. The number of aromatic nitrogens is 2. The van der Waals surface area contributed by atoms with Crippen molar-refractivity contribution in [1.29, 1.82) is 0 Å². The Balaban J connectivity index is 1.81. The van der Waals surface area contributed by atoms with Gasteiger partial charge in [0.15, 0.2) is 4.96 Å². The molecule has 0 spiro atoms. The molecule has 0 aliphatic rings. The molecule has 2 heterocycles. The van der Waals surface area contributed by atoms with Crippen LogP contribution in [0.2, 0.25) is 0 Å². The van der Waals surface area contributed by atoms with Crippen molar-refractivity contribution in [2.45, 2.75) is 4.90 Å². The topological polar surface area (TPSA) is 63.5 Å². The van der Waals surface area contributed by atoms with E-state index in [9.17, 15) is 9.59 Å². The standard InChI is InChI=1S/C13H9N3O2S2/c17-11-10(8-14-12-16(11)6-7-19-12)15-13(18)20-9-4-2-1-3-5-9/h1-8H,(H,15,18). The lowest BCUT2D eigenvalue weighted by Gasteiger charge is -2.03. The lowest BCUT2D eigenvalue weighted by molar-refractivity contribution is 0.269. The predicted octanol–water partition coefficient (Wildman–Crippen LogP) is 3.08. The number of nitrogens with zero attached hydrogens (tertiary/aromatic N) is 2. The molecule has 2 aromatic heterocycles. The number of thiazole rings is 1. The first-order valence-electron chi connectivity index (χ1n) is 5.73. The fourth-order valence-corrected chi connectivity index (χ4v) is 2.98. The second kappa shape index (κ2) is 5.48. The first-order chi connectivity index (χ1) is 9.74. The van der Waals surface area contributed by atoms with Gasteiger partial charge in [0.05, 0.1) is 6.20 Å². The highest BCUT2D eigenvalue weighted by Crippen LogP contribution is 2.19. The summed E-state index contributed by atoms with van der Waals surface area (Å²) in [6.07, 6.45) is 3.02. The summed E-state index contributed by atoms with van der Waals surface area (Å²) in [6.45, 7) is 0. The van der Waals surface area contributed by atoms with Crippen molar-refractivity contribution in [3.05, 3.63) is 58.5 Å². The monoisotopic (exact) mass is 303 g/mol. The van der Waals surface area contributed by atoms with Crippen LogP contribution in [0.1, 0.15) is 0 Å². The van der Waals surface area contributed by atoms with Gasteiger partial charge in [-0.05, 0) is 23.9 Å². The smallest absolute Gasteiger partial charge is 0.288 e. The highest BCUT2D eigenvalue weighted by molar-refractivity contribution is 8.13. The van der Waals surface area contributed by atoms with Crippen molar-refractivity contribution in [3.8, 4) is 0 Å². The number of benzene rings is 1. The minimum Gasteiger partial charge on any atom is -0.311 e. The van der Waals surface area contributed by atoms with E-state index in [1.54, 1.807) is 11.6 Å². The van der Waals surface area contributed by atoms with Gasteiger partial charge in [-0.25, -0.2) is 4.98 Å². The average Bonchev–Trinajstić information content (AvgIpc) is 2.92. The number of thioether (sulfide) groups is 1. The van der Waals surface area contributed by atoms with Gasteiger partial charge in [-0.15, -0.1) is 11.3 Å². The van der Waals surface area contributed by atoms with Crippen LogP contribution < -0.4 is 10.9 Å². The van der Waals surface area contributed by atoms with Crippen LogP contribution >= 0.6 is 23.1 Å². The third-order valence-corrected chi connectivity index (χ3v) is 4.10. The van der Waals surface area contributed by atoms with Gasteiger partial charge in [0, 0.05) is 16.5 Å². The zero-order valence-electron chi connectivity index (χ0n) is 10.1. The van der Waals surface area contributed by atoms with Gasteiger partial charge in [0.25, 0.3) is 10.8 Å². The van der Waals surface area contributed by atoms with Crippen molar-refractivity contribution in [3.63, 3.8) is 0 Å². The van der Waals surface area contributed by atoms with E-state index in [2.05, 4.69) is 10.3 Å². The molecule has 0 unspecified atom stereocenters. The maximum atomic E-state index is 12.1. The molecule has 0 aliphatic heterocycles. The number of fused-ring (bicyclic) bond motifs is 1. The zero-order chi connectivity index (χ0) is 13.9. The van der Waals surface area contributed by atoms with E-state index in [1.165, 1.54) is 21.9 Å². The van der Waals surface area contributed by atoms with Crippen LogP contribution in [0.15, 0.2) is 57.8 Å². The SMILES string of the molecule is O=C(Nc1cnc2sccn2c1=O)Sc1ccccc1. The summed E-state index contributed by atoms with van der Waals surface area (Å²) in [4.78, 5) is 29.5. The molecule has 0 radical (unpaired) electrons. The van der Waals surface area contributed by atoms with Crippen LogP contribution in [0.25, 0.3) is 4.96 Å². The van der Waals surface area contributed by atoms with Gasteiger partial charge < -0.3 is 5.32 Å². The van der Waals surface area contributed by atoms with E-state index >= 15 is 0 Å². The normalized spacial score (nSPS) is 10.6. The molecule has 0 atom stereocenters. The number of amides is 1. The third-order valence-electron chi connectivity index (χ3n) is 2.53. The van der Waals surface area contributed by atoms with Gasteiger partial charge >= 0.3 is 0 Å². The van der Waals surface area contributed by atoms with Gasteiger partial charge in [-0.3, -0.25) is 14.0 Å². The summed E-state index contributed by atoms with van der Waals surface area (Å²) < 4.78 is 1.41. The van der Waals surface area contributed by atoms with Crippen molar-refractivity contribution >= 4 is 39.0 Å². The summed E-state index contributed by atoms with van der Waals surface area (Å²) in [6, 6.07) is 9.24. The quantitative estimate of drug-likeness (QED) is 0.739. The van der Waals surface area contributed by atoms with Gasteiger partial charge in [0.1, 0.15) is 5.69 Å². The number of nitrogens with one attached hydrogen (secondary N) is 1. The van der Waals surface area contributed by atoms with Gasteiger partial charge in [-0.2, -0.15) is 0 Å². The minimum atomic E-state index is -0.315. The highest BCUT2D eigenvalue weighted by Gasteiger charge is 2.10. The summed E-state index contributed by atoms with van der Waals surface area (Å²) >= 11 is 2.40. The summed E-state index contributed by atoms with van der Waals surface area (Å²) in [5, 5.41) is 4.03. The second-order valence-corrected chi connectivity index (χ2v) is 5.78. The molecule has 7 heteroatoms. The van der Waals surface area contributed by atoms with Crippen molar-refractivity contribution in [1.82, 2.24) is 9.38 Å². The lowest BCUT2D eigenvalue weighted by Crippen LogP contribution is -2.19. The number of carbonyl (C=O) groups excluding carboxylic acids is 1. The number of anilines is 1. The van der Waals surface area contributed by atoms with Crippen molar-refractivity contribution in [2.24, 2.45) is 0 Å². The Bertz CT molecular complexity index is 811. The summed E-state index contributed by atoms with van der Waals surface area (Å²) in [5.74, 6) is 0. The van der Waals surface area contributed by atoms with E-state index in [0.29, 0.717) is 4.96 Å². The molecule has 3 rings (SSSR count). The maximum absolute atomic E-state index is 12.1. The van der Waals surface area contributed by atoms with Crippen LogP contribution in [0.3, 0.4) is 0 Å². The molecule has 100 valence electrons. The predicted molar refractivity (Wildman–Crippen MR) is 80.7 cm³/mol. The van der Waals surface area contributed by atoms with Gasteiger partial charge in [0.2, 0.25) is 0 Å². The van der Waals surface area contributed by atoms with E-state index in [-0.39, 0.29) is 16.5 Å². The maximum Gasteiger partial charge on any atom is 0.288 e. The van der Waals surface area contributed by atoms with Crippen LogP contribution in [0, 0.1) is 0 Å². The van der Waals surface area contributed by atoms with E-state index < -0.39 is 0 Å². The summed E-state index contributed by atoms with van der Waals surface area (Å²) in [5.41, 5.74) is -0.104. The lowest BCUT2D eigenvalue weighted by atomic mass is 10.4. The molecule has 5 nitrogen and oxygen atoms in total. The van der Waals surface area contributed by atoms with E-state index in [0.717, 1.165) is 16.7 Å². The molecule has 1 amide bonds. The largest absolute Gasteiger partial charge is 0.311 e. The molecule has 1 aromatic carbocycles. The average molecular weight is 303 g/mol. The Kier molecular flexibility index (Phi) is 3.53. The molecule has 3 aromatic rings. The second-order valence-electron chi connectivity index (χ2n) is 3.86. The number of hydrogen-bond acceptors (Lipinski definition) is 5. The van der Waals surface area contributed by atoms with E-state index in [4.69, 9.17) is 0 Å². The minimum absolute atomic E-state index is 0.175. The number of carbonyl (C=O) groups is 1. The zero-order valence-corrected chi connectivity index (χ0v) is 11.8. The highest BCUT2D eigenvalue weighted by atomic mass is 32.2. The molecule has 1 N–H and O–H groups in total. The number of hydrogen-bond donors (Lipinski definition) is 1. The summed E-state index contributed by atoms with van der Waals surface area (Å²) in [7, 11) is 0. The Labute approximate surface area is 122 Å². The first kappa shape index (κ1) is 12.9. The van der Waals surface area contributed by atoms with E-state index in [1.807, 2.05) is 30.3 Å². The molecule has 0 fully saturated rings. The van der Waals surface area contributed by atoms with Gasteiger partial charge in [-0.1, -0.05) is 18.2 Å². The molecule has 20 heavy (non-hydrogen) atoms. The van der Waals surface area contributed by atoms with Crippen LogP contribution in [-0.2, 0) is 0 Å². The van der Waals surface area contributed by atoms with Crippen LogP contribution in [0.4, 0.5) is 10.5 Å². The Hall–Kier alpha value is -2.12. The molecule has 0 saturated heterocycles. The molecule has 0 aliphatic carbocycles. The fraction of sp³-hybridized carbons (Fsp3) is 0. The third kappa shape index (κ3) is 2.59. The Morgan fingerprint density at radius 3 is 2.90 bits per heavy atom. The molecule has 0 bridgehead atoms. The molecular weight excluding hydrogens is 294 g/mol. The molecular formula is C13H9N3O2S2. The van der Waals surface area contributed by atoms with Crippen molar-refractivity contribution in [2.75, 3.05) is 5.32 Å². The molecule has 0 saturated carbocycles. The number of rotatable bonds is 2. The van der Waals surface area contributed by atoms with Crippen LogP contribution in [-0.4, -0.2) is 14.6 Å². The van der Waals surface area contributed by atoms with Crippen LogP contribution in [0.5, 0.6) is 0 Å².